The Labute approximate surface area is 184 Å². The molecule has 0 radical (unpaired) electrons. The third-order valence-electron chi connectivity index (χ3n) is 6.40. The van der Waals surface area contributed by atoms with Gasteiger partial charge in [-0.3, -0.25) is 0 Å². The molecule has 5 rings (SSSR count). The summed E-state index contributed by atoms with van der Waals surface area (Å²) >= 11 is 6.69. The van der Waals surface area contributed by atoms with Crippen LogP contribution in [-0.2, 0) is 11.2 Å². The molecular weight excluding hydrogens is 420 g/mol. The Morgan fingerprint density at radius 2 is 1.71 bits per heavy atom. The monoisotopic (exact) mass is 444 g/mol. The van der Waals surface area contributed by atoms with Crippen molar-refractivity contribution in [2.45, 2.75) is 55.7 Å². The number of furan rings is 1. The summed E-state index contributed by atoms with van der Waals surface area (Å²) in [5.41, 5.74) is 4.27. The summed E-state index contributed by atoms with van der Waals surface area (Å²) < 4.78 is 11.4. The molecule has 4 N–H and O–H groups in total. The number of halogens is 1. The van der Waals surface area contributed by atoms with Crippen LogP contribution in [0.4, 0.5) is 0 Å². The van der Waals surface area contributed by atoms with Crippen LogP contribution >= 0.6 is 11.6 Å². The number of aliphatic hydroxyl groups is 4. The summed E-state index contributed by atoms with van der Waals surface area (Å²) in [6.07, 6.45) is -1.66. The third kappa shape index (κ3) is 3.78. The summed E-state index contributed by atoms with van der Waals surface area (Å²) in [5, 5.41) is 41.8. The van der Waals surface area contributed by atoms with Crippen LogP contribution in [0.15, 0.2) is 47.1 Å². The first-order valence-electron chi connectivity index (χ1n) is 10.6. The molecule has 2 fully saturated rings. The lowest BCUT2D eigenvalue weighted by Crippen LogP contribution is -2.55. The highest BCUT2D eigenvalue weighted by molar-refractivity contribution is 6.36. The van der Waals surface area contributed by atoms with E-state index in [4.69, 9.17) is 20.8 Å². The fourth-order valence-corrected chi connectivity index (χ4v) is 4.71. The molecule has 5 atom stereocenters. The van der Waals surface area contributed by atoms with E-state index >= 15 is 0 Å². The Hall–Kier alpha value is -1.93. The van der Waals surface area contributed by atoms with E-state index < -0.39 is 37.1 Å². The summed E-state index contributed by atoms with van der Waals surface area (Å²) in [7, 11) is 0. The van der Waals surface area contributed by atoms with Crippen molar-refractivity contribution < 1.29 is 29.6 Å². The maximum atomic E-state index is 10.6. The molecule has 6 nitrogen and oxygen atoms in total. The van der Waals surface area contributed by atoms with Crippen molar-refractivity contribution in [2.24, 2.45) is 0 Å². The second-order valence-corrected chi connectivity index (χ2v) is 8.92. The van der Waals surface area contributed by atoms with Gasteiger partial charge in [-0.2, -0.15) is 0 Å². The van der Waals surface area contributed by atoms with E-state index in [1.807, 2.05) is 6.07 Å². The third-order valence-corrected chi connectivity index (χ3v) is 6.84. The van der Waals surface area contributed by atoms with E-state index in [-0.39, 0.29) is 0 Å². The SMILES string of the molecule is OC[C@H]1O[C@@H](c2cc(Cc3ccc(C4CC4)cc3)c(Cl)c3ccoc23)C(O)C(O)C1O. The number of ether oxygens (including phenoxy) is 1. The van der Waals surface area contributed by atoms with Gasteiger partial charge in [0.2, 0.25) is 0 Å². The number of hydrogen-bond acceptors (Lipinski definition) is 6. The number of hydrogen-bond donors (Lipinski definition) is 4. The van der Waals surface area contributed by atoms with E-state index in [2.05, 4.69) is 24.3 Å². The molecular formula is C24H25ClO6. The van der Waals surface area contributed by atoms with Crippen LogP contribution in [0.25, 0.3) is 11.0 Å². The topological polar surface area (TPSA) is 103 Å². The minimum absolute atomic E-state index is 0.446. The van der Waals surface area contributed by atoms with Crippen molar-refractivity contribution in [1.82, 2.24) is 0 Å². The lowest BCUT2D eigenvalue weighted by Gasteiger charge is -2.40. The quantitative estimate of drug-likeness (QED) is 0.482. The molecule has 1 saturated heterocycles. The second-order valence-electron chi connectivity index (χ2n) is 8.54. The smallest absolute Gasteiger partial charge is 0.141 e. The first-order chi connectivity index (χ1) is 15.0. The van der Waals surface area contributed by atoms with Gasteiger partial charge in [0.15, 0.2) is 0 Å². The zero-order valence-corrected chi connectivity index (χ0v) is 17.6. The van der Waals surface area contributed by atoms with Crippen molar-refractivity contribution >= 4 is 22.6 Å². The van der Waals surface area contributed by atoms with E-state index in [1.54, 1.807) is 6.07 Å². The average molecular weight is 445 g/mol. The summed E-state index contributed by atoms with van der Waals surface area (Å²) in [4.78, 5) is 0. The summed E-state index contributed by atoms with van der Waals surface area (Å²) in [6, 6.07) is 12.1. The molecule has 1 aliphatic heterocycles. The second kappa shape index (κ2) is 8.20. The molecule has 3 unspecified atom stereocenters. The molecule has 164 valence electrons. The Morgan fingerprint density at radius 3 is 2.39 bits per heavy atom. The fourth-order valence-electron chi connectivity index (χ4n) is 4.44. The lowest BCUT2D eigenvalue weighted by atomic mass is 9.89. The lowest BCUT2D eigenvalue weighted by molar-refractivity contribution is -0.231. The van der Waals surface area contributed by atoms with Crippen LogP contribution in [-0.4, -0.2) is 51.4 Å². The minimum atomic E-state index is -1.46. The van der Waals surface area contributed by atoms with Crippen LogP contribution < -0.4 is 0 Å². The number of benzene rings is 2. The number of aliphatic hydroxyl groups excluding tert-OH is 4. The van der Waals surface area contributed by atoms with E-state index in [9.17, 15) is 20.4 Å². The highest BCUT2D eigenvalue weighted by atomic mass is 35.5. The molecule has 7 heteroatoms. The summed E-state index contributed by atoms with van der Waals surface area (Å²) in [6.45, 7) is -0.490. The van der Waals surface area contributed by atoms with Crippen molar-refractivity contribution in [3.8, 4) is 0 Å². The van der Waals surface area contributed by atoms with Crippen molar-refractivity contribution in [2.75, 3.05) is 6.61 Å². The zero-order chi connectivity index (χ0) is 21.7. The van der Waals surface area contributed by atoms with Crippen LogP contribution in [0.1, 0.15) is 47.1 Å². The van der Waals surface area contributed by atoms with Crippen LogP contribution in [0, 0.1) is 0 Å². The number of fused-ring (bicyclic) bond motifs is 1. The average Bonchev–Trinajstić information content (AvgIpc) is 3.51. The first kappa shape index (κ1) is 20.9. The normalized spacial score (nSPS) is 28.9. The van der Waals surface area contributed by atoms with Gasteiger partial charge in [-0.05, 0) is 54.0 Å². The van der Waals surface area contributed by atoms with Gasteiger partial charge >= 0.3 is 0 Å². The van der Waals surface area contributed by atoms with Crippen LogP contribution in [0.3, 0.4) is 0 Å². The first-order valence-corrected chi connectivity index (χ1v) is 10.9. The largest absolute Gasteiger partial charge is 0.464 e. The van der Waals surface area contributed by atoms with Gasteiger partial charge in [-0.25, -0.2) is 0 Å². The maximum absolute atomic E-state index is 10.6. The fraction of sp³-hybridized carbons (Fsp3) is 0.417. The van der Waals surface area contributed by atoms with Gasteiger partial charge in [-0.15, -0.1) is 0 Å². The van der Waals surface area contributed by atoms with Gasteiger partial charge in [0, 0.05) is 10.9 Å². The molecule has 2 heterocycles. The van der Waals surface area contributed by atoms with E-state index in [0.717, 1.165) is 11.1 Å². The van der Waals surface area contributed by atoms with Crippen molar-refractivity contribution in [3.63, 3.8) is 0 Å². The van der Waals surface area contributed by atoms with Gasteiger partial charge in [0.1, 0.15) is 36.1 Å². The van der Waals surface area contributed by atoms with Crippen LogP contribution in [0.2, 0.25) is 5.02 Å². The Bertz CT molecular complexity index is 1070. The van der Waals surface area contributed by atoms with Crippen LogP contribution in [0.5, 0.6) is 0 Å². The molecule has 31 heavy (non-hydrogen) atoms. The van der Waals surface area contributed by atoms with Gasteiger partial charge in [-0.1, -0.05) is 35.9 Å². The molecule has 2 aromatic carbocycles. The van der Waals surface area contributed by atoms with E-state index in [1.165, 1.54) is 24.7 Å². The van der Waals surface area contributed by atoms with Gasteiger partial charge in [0.25, 0.3) is 0 Å². The molecule has 1 aliphatic carbocycles. The molecule has 1 aromatic heterocycles. The van der Waals surface area contributed by atoms with Gasteiger partial charge < -0.3 is 29.6 Å². The Kier molecular flexibility index (Phi) is 5.54. The standard InChI is InChI=1S/C24H25ClO6/c25-19-15(9-12-1-3-13(4-2-12)14-5-6-14)10-17(23-16(19)7-8-30-23)24-22(29)21(28)20(27)18(11-26)31-24/h1-4,7-8,10,14,18,20-22,24,26-29H,5-6,9,11H2/t18-,20?,21?,22?,24+/m1/s1. The minimum Gasteiger partial charge on any atom is -0.464 e. The predicted molar refractivity (Wildman–Crippen MR) is 115 cm³/mol. The van der Waals surface area contributed by atoms with Crippen molar-refractivity contribution in [1.29, 1.82) is 0 Å². The molecule has 3 aromatic rings. The van der Waals surface area contributed by atoms with E-state index in [0.29, 0.717) is 33.9 Å². The maximum Gasteiger partial charge on any atom is 0.141 e. The molecule has 2 aliphatic rings. The highest BCUT2D eigenvalue weighted by Gasteiger charge is 2.45. The molecule has 0 amide bonds. The molecule has 1 saturated carbocycles. The highest BCUT2D eigenvalue weighted by Crippen LogP contribution is 2.42. The number of rotatable bonds is 5. The summed E-state index contributed by atoms with van der Waals surface area (Å²) in [5.74, 6) is 0.692. The predicted octanol–water partition coefficient (Wildman–Crippen LogP) is 3.07. The van der Waals surface area contributed by atoms with Crippen molar-refractivity contribution in [3.05, 3.63) is 69.9 Å². The Balaban J connectivity index is 1.52. The Morgan fingerprint density at radius 1 is 0.968 bits per heavy atom. The zero-order valence-electron chi connectivity index (χ0n) is 16.8. The molecule has 0 spiro atoms. The molecule has 0 bridgehead atoms. The van der Waals surface area contributed by atoms with Gasteiger partial charge in [0.05, 0.1) is 17.9 Å².